The van der Waals surface area contributed by atoms with Crippen LogP contribution in [0.3, 0.4) is 0 Å². The molecule has 0 unspecified atom stereocenters. The fourth-order valence-electron chi connectivity index (χ4n) is 0.794. The van der Waals surface area contributed by atoms with E-state index in [1.165, 1.54) is 0 Å². The number of allylic oxidation sites excluding steroid dienone is 1. The fourth-order valence-corrected chi connectivity index (χ4v) is 0.794. The molecule has 0 spiro atoms. The lowest BCUT2D eigenvalue weighted by atomic mass is 10.1. The largest absolute Gasteiger partial charge is 0.389 e. The molecular formula is C6H10O. The SMILES string of the molecule is O[C@H]1C=CCCC1. The highest BCUT2D eigenvalue weighted by Crippen LogP contribution is 2.08. The fraction of sp³-hybridized carbons (Fsp3) is 0.667. The summed E-state index contributed by atoms with van der Waals surface area (Å²) in [6.07, 6.45) is 7.01. The molecule has 0 saturated carbocycles. The normalized spacial score (nSPS) is 30.7. The van der Waals surface area contributed by atoms with Gasteiger partial charge in [-0.15, -0.1) is 0 Å². The van der Waals surface area contributed by atoms with Gasteiger partial charge in [0.25, 0.3) is 0 Å². The van der Waals surface area contributed by atoms with Crippen LogP contribution >= 0.6 is 0 Å². The molecule has 40 valence electrons. The second-order valence-electron chi connectivity index (χ2n) is 1.93. The van der Waals surface area contributed by atoms with Crippen LogP contribution in [0.2, 0.25) is 0 Å². The van der Waals surface area contributed by atoms with Crippen LogP contribution in [0.15, 0.2) is 12.2 Å². The van der Waals surface area contributed by atoms with E-state index in [1.54, 1.807) is 0 Å². The van der Waals surface area contributed by atoms with E-state index in [4.69, 9.17) is 5.11 Å². The third kappa shape index (κ3) is 1.32. The van der Waals surface area contributed by atoms with Gasteiger partial charge in [-0.05, 0) is 19.3 Å². The lowest BCUT2D eigenvalue weighted by Gasteiger charge is -2.07. The highest BCUT2D eigenvalue weighted by atomic mass is 16.3. The van der Waals surface area contributed by atoms with Gasteiger partial charge in [-0.25, -0.2) is 0 Å². The summed E-state index contributed by atoms with van der Waals surface area (Å²) in [6.45, 7) is 0. The molecule has 1 aliphatic rings. The molecule has 1 heteroatoms. The van der Waals surface area contributed by atoms with Gasteiger partial charge in [-0.1, -0.05) is 12.2 Å². The number of hydrogen-bond donors (Lipinski definition) is 1. The molecule has 1 N–H and O–H groups in total. The molecule has 1 atom stereocenters. The Morgan fingerprint density at radius 1 is 1.57 bits per heavy atom. The van der Waals surface area contributed by atoms with Crippen LogP contribution in [-0.2, 0) is 0 Å². The molecule has 0 radical (unpaired) electrons. The van der Waals surface area contributed by atoms with Crippen LogP contribution < -0.4 is 0 Å². The number of aliphatic hydroxyl groups excluding tert-OH is 1. The van der Waals surface area contributed by atoms with E-state index >= 15 is 0 Å². The summed E-state index contributed by atoms with van der Waals surface area (Å²) >= 11 is 0. The van der Waals surface area contributed by atoms with Crippen molar-refractivity contribution in [2.75, 3.05) is 0 Å². The van der Waals surface area contributed by atoms with E-state index in [1.807, 2.05) is 12.2 Å². The smallest absolute Gasteiger partial charge is 0.0721 e. The highest BCUT2D eigenvalue weighted by molar-refractivity contribution is 4.92. The minimum atomic E-state index is -0.145. The number of rotatable bonds is 0. The zero-order valence-corrected chi connectivity index (χ0v) is 4.30. The molecule has 0 fully saturated rings. The summed E-state index contributed by atoms with van der Waals surface area (Å²) in [5, 5.41) is 8.82. The Bertz CT molecular complexity index is 76.2. The average Bonchev–Trinajstić information content (AvgIpc) is 1.69. The predicted molar refractivity (Wildman–Crippen MR) is 29.0 cm³/mol. The first-order valence-electron chi connectivity index (χ1n) is 2.74. The molecule has 0 aromatic rings. The maximum Gasteiger partial charge on any atom is 0.0721 e. The molecule has 1 rings (SSSR count). The summed E-state index contributed by atoms with van der Waals surface area (Å²) in [6, 6.07) is 0. The van der Waals surface area contributed by atoms with Gasteiger partial charge in [0.2, 0.25) is 0 Å². The Kier molecular flexibility index (Phi) is 1.47. The number of hydrogen-bond acceptors (Lipinski definition) is 1. The van der Waals surface area contributed by atoms with E-state index in [0.29, 0.717) is 0 Å². The molecule has 7 heavy (non-hydrogen) atoms. The van der Waals surface area contributed by atoms with Crippen LogP contribution in [0.1, 0.15) is 19.3 Å². The maximum atomic E-state index is 8.82. The number of aliphatic hydroxyl groups is 1. The first kappa shape index (κ1) is 4.85. The molecule has 1 nitrogen and oxygen atoms in total. The van der Waals surface area contributed by atoms with E-state index in [9.17, 15) is 0 Å². The third-order valence-electron chi connectivity index (χ3n) is 1.23. The highest BCUT2D eigenvalue weighted by Gasteiger charge is 2.00. The lowest BCUT2D eigenvalue weighted by Crippen LogP contribution is -2.04. The molecule has 0 aliphatic heterocycles. The van der Waals surface area contributed by atoms with Crippen LogP contribution in [0.5, 0.6) is 0 Å². The second-order valence-corrected chi connectivity index (χ2v) is 1.93. The topological polar surface area (TPSA) is 20.2 Å². The Balaban J connectivity index is 2.36. The van der Waals surface area contributed by atoms with Crippen molar-refractivity contribution >= 4 is 0 Å². The summed E-state index contributed by atoms with van der Waals surface area (Å²) in [7, 11) is 0. The van der Waals surface area contributed by atoms with Crippen molar-refractivity contribution in [3.63, 3.8) is 0 Å². The summed E-state index contributed by atoms with van der Waals surface area (Å²) in [5.74, 6) is 0. The summed E-state index contributed by atoms with van der Waals surface area (Å²) in [4.78, 5) is 0. The second kappa shape index (κ2) is 2.12. The van der Waals surface area contributed by atoms with Gasteiger partial charge in [-0.3, -0.25) is 0 Å². The summed E-state index contributed by atoms with van der Waals surface area (Å²) < 4.78 is 0. The molecular weight excluding hydrogens is 88.1 g/mol. The van der Waals surface area contributed by atoms with Crippen molar-refractivity contribution in [2.24, 2.45) is 0 Å². The minimum Gasteiger partial charge on any atom is -0.389 e. The monoisotopic (exact) mass is 98.1 g/mol. The molecule has 0 bridgehead atoms. The van der Waals surface area contributed by atoms with Crippen molar-refractivity contribution in [1.29, 1.82) is 0 Å². The Morgan fingerprint density at radius 2 is 2.43 bits per heavy atom. The van der Waals surface area contributed by atoms with Gasteiger partial charge in [0.15, 0.2) is 0 Å². The quantitative estimate of drug-likeness (QED) is 0.449. The van der Waals surface area contributed by atoms with Gasteiger partial charge in [-0.2, -0.15) is 0 Å². The average molecular weight is 98.1 g/mol. The minimum absolute atomic E-state index is 0.145. The molecule has 0 saturated heterocycles. The Hall–Kier alpha value is -0.300. The molecule has 1 aliphatic carbocycles. The van der Waals surface area contributed by atoms with Crippen molar-refractivity contribution in [3.8, 4) is 0 Å². The van der Waals surface area contributed by atoms with Gasteiger partial charge in [0.05, 0.1) is 6.10 Å². The molecule has 0 aromatic carbocycles. The van der Waals surface area contributed by atoms with Crippen molar-refractivity contribution in [1.82, 2.24) is 0 Å². The van der Waals surface area contributed by atoms with Crippen LogP contribution in [0.25, 0.3) is 0 Å². The third-order valence-corrected chi connectivity index (χ3v) is 1.23. The predicted octanol–water partition coefficient (Wildman–Crippen LogP) is 1.09. The molecule has 0 heterocycles. The molecule has 0 amide bonds. The van der Waals surface area contributed by atoms with E-state index in [2.05, 4.69) is 0 Å². The maximum absolute atomic E-state index is 8.82. The first-order valence-corrected chi connectivity index (χ1v) is 2.74. The van der Waals surface area contributed by atoms with Crippen molar-refractivity contribution < 1.29 is 5.11 Å². The van der Waals surface area contributed by atoms with Crippen LogP contribution in [-0.4, -0.2) is 11.2 Å². The van der Waals surface area contributed by atoms with Gasteiger partial charge < -0.3 is 5.11 Å². The lowest BCUT2D eigenvalue weighted by molar-refractivity contribution is 0.204. The Labute approximate surface area is 43.7 Å². The first-order chi connectivity index (χ1) is 3.39. The zero-order valence-electron chi connectivity index (χ0n) is 4.30. The zero-order chi connectivity index (χ0) is 5.11. The Morgan fingerprint density at radius 3 is 2.71 bits per heavy atom. The van der Waals surface area contributed by atoms with Crippen LogP contribution in [0, 0.1) is 0 Å². The van der Waals surface area contributed by atoms with Gasteiger partial charge in [0.1, 0.15) is 0 Å². The van der Waals surface area contributed by atoms with Gasteiger partial charge in [0, 0.05) is 0 Å². The molecule has 0 aromatic heterocycles. The van der Waals surface area contributed by atoms with Crippen molar-refractivity contribution in [3.05, 3.63) is 12.2 Å². The van der Waals surface area contributed by atoms with E-state index < -0.39 is 0 Å². The van der Waals surface area contributed by atoms with E-state index in [-0.39, 0.29) is 6.10 Å². The van der Waals surface area contributed by atoms with Crippen LogP contribution in [0.4, 0.5) is 0 Å². The van der Waals surface area contributed by atoms with Gasteiger partial charge >= 0.3 is 0 Å². The standard InChI is InChI=1S/C6H10O/c7-6-4-2-1-3-5-6/h2,4,6-7H,1,3,5H2/t6-/m0/s1. The van der Waals surface area contributed by atoms with Crippen molar-refractivity contribution in [2.45, 2.75) is 25.4 Å². The summed E-state index contributed by atoms with van der Waals surface area (Å²) in [5.41, 5.74) is 0. The van der Waals surface area contributed by atoms with E-state index in [0.717, 1.165) is 19.3 Å².